The summed E-state index contributed by atoms with van der Waals surface area (Å²) in [5.41, 5.74) is 5.56. The van der Waals surface area contributed by atoms with Crippen LogP contribution in [0.15, 0.2) is 66.7 Å². The predicted octanol–water partition coefficient (Wildman–Crippen LogP) is 4.30. The van der Waals surface area contributed by atoms with Crippen molar-refractivity contribution in [2.24, 2.45) is 0 Å². The number of amides is 1. The number of hydrogen-bond donors (Lipinski definition) is 1. The number of methoxy groups -OCH3 is 2. The molecule has 0 unspecified atom stereocenters. The molecular formula is C28H33N3O3. The maximum atomic E-state index is 13.2. The molecule has 6 nitrogen and oxygen atoms in total. The lowest BCUT2D eigenvalue weighted by molar-refractivity contribution is 0.0924. The van der Waals surface area contributed by atoms with E-state index in [1.54, 1.807) is 32.4 Å². The first-order valence-corrected chi connectivity index (χ1v) is 11.6. The number of nitrogens with one attached hydrogen (secondary N) is 1. The molecule has 0 saturated carbocycles. The van der Waals surface area contributed by atoms with Gasteiger partial charge in [0.05, 0.1) is 25.8 Å². The number of fused-ring (bicyclic) bond motifs is 1. The number of ether oxygens (including phenoxy) is 2. The fourth-order valence-electron chi connectivity index (χ4n) is 4.59. The first-order chi connectivity index (χ1) is 16.5. The zero-order chi connectivity index (χ0) is 24.1. The molecule has 1 aliphatic rings. The lowest BCUT2D eigenvalue weighted by Crippen LogP contribution is -2.40. The molecule has 0 saturated heterocycles. The van der Waals surface area contributed by atoms with Gasteiger partial charge in [0.15, 0.2) is 11.5 Å². The van der Waals surface area contributed by atoms with Gasteiger partial charge in [0.1, 0.15) is 0 Å². The van der Waals surface area contributed by atoms with E-state index >= 15 is 0 Å². The maximum Gasteiger partial charge on any atom is 0.255 e. The van der Waals surface area contributed by atoms with Crippen molar-refractivity contribution >= 4 is 11.6 Å². The van der Waals surface area contributed by atoms with Crippen LogP contribution in [0.4, 0.5) is 5.69 Å². The van der Waals surface area contributed by atoms with Gasteiger partial charge in [0.25, 0.3) is 5.91 Å². The van der Waals surface area contributed by atoms with Crippen molar-refractivity contribution < 1.29 is 14.3 Å². The molecule has 1 N–H and O–H groups in total. The Balaban J connectivity index is 1.58. The van der Waals surface area contributed by atoms with Crippen molar-refractivity contribution in [3.05, 3.63) is 89.0 Å². The zero-order valence-electron chi connectivity index (χ0n) is 20.4. The quantitative estimate of drug-likeness (QED) is 0.544. The van der Waals surface area contributed by atoms with Crippen molar-refractivity contribution in [2.75, 3.05) is 46.3 Å². The summed E-state index contributed by atoms with van der Waals surface area (Å²) in [7, 11) is 7.20. The lowest BCUT2D eigenvalue weighted by Gasteiger charge is -2.36. The first kappa shape index (κ1) is 23.6. The van der Waals surface area contributed by atoms with E-state index in [1.165, 1.54) is 16.7 Å². The number of carbonyl (C=O) groups is 1. The van der Waals surface area contributed by atoms with Crippen LogP contribution in [-0.2, 0) is 13.0 Å². The SMILES string of the molecule is COc1cccc(C(=O)NC[C@H](c2ccc(N(C)C)cc2)N2CCc3ccccc3C2)c1OC. The van der Waals surface area contributed by atoms with E-state index in [4.69, 9.17) is 9.47 Å². The molecule has 0 bridgehead atoms. The van der Waals surface area contributed by atoms with Crippen LogP contribution in [0.3, 0.4) is 0 Å². The molecule has 0 radical (unpaired) electrons. The van der Waals surface area contributed by atoms with Crippen LogP contribution in [0.1, 0.15) is 33.1 Å². The average Bonchev–Trinajstić information content (AvgIpc) is 2.88. The number of rotatable bonds is 8. The normalized spacial score (nSPS) is 14.1. The molecule has 1 atom stereocenters. The number of hydrogen-bond acceptors (Lipinski definition) is 5. The number of benzene rings is 3. The molecule has 6 heteroatoms. The monoisotopic (exact) mass is 459 g/mol. The van der Waals surface area contributed by atoms with Crippen molar-refractivity contribution in [1.29, 1.82) is 0 Å². The van der Waals surface area contributed by atoms with Crippen LogP contribution in [0.5, 0.6) is 11.5 Å². The molecule has 3 aromatic rings. The summed E-state index contributed by atoms with van der Waals surface area (Å²) in [5.74, 6) is 0.808. The number of anilines is 1. The van der Waals surface area contributed by atoms with Crippen LogP contribution in [0.2, 0.25) is 0 Å². The molecular weight excluding hydrogens is 426 g/mol. The van der Waals surface area contributed by atoms with E-state index in [9.17, 15) is 4.79 Å². The minimum Gasteiger partial charge on any atom is -0.493 e. The van der Waals surface area contributed by atoms with E-state index in [1.807, 2.05) is 14.1 Å². The van der Waals surface area contributed by atoms with Gasteiger partial charge >= 0.3 is 0 Å². The second-order valence-electron chi connectivity index (χ2n) is 8.74. The van der Waals surface area contributed by atoms with E-state index in [2.05, 4.69) is 63.6 Å². The van der Waals surface area contributed by atoms with Gasteiger partial charge < -0.3 is 19.7 Å². The molecule has 0 aromatic heterocycles. The Bertz CT molecular complexity index is 1130. The van der Waals surface area contributed by atoms with E-state index < -0.39 is 0 Å². The Morgan fingerprint density at radius 1 is 0.971 bits per heavy atom. The highest BCUT2D eigenvalue weighted by Gasteiger charge is 2.26. The summed E-state index contributed by atoms with van der Waals surface area (Å²) < 4.78 is 10.8. The summed E-state index contributed by atoms with van der Waals surface area (Å²) in [6, 6.07) is 22.6. The zero-order valence-corrected chi connectivity index (χ0v) is 20.4. The maximum absolute atomic E-state index is 13.2. The number of para-hydroxylation sites is 1. The minimum atomic E-state index is -0.178. The predicted molar refractivity (Wildman–Crippen MR) is 136 cm³/mol. The average molecular weight is 460 g/mol. The third kappa shape index (κ3) is 5.02. The minimum absolute atomic E-state index is 0.0464. The molecule has 3 aromatic carbocycles. The van der Waals surface area contributed by atoms with Crippen LogP contribution in [0.25, 0.3) is 0 Å². The highest BCUT2D eigenvalue weighted by atomic mass is 16.5. The van der Waals surface area contributed by atoms with Gasteiger partial charge in [0.2, 0.25) is 0 Å². The summed E-state index contributed by atoms with van der Waals surface area (Å²) >= 11 is 0. The third-order valence-electron chi connectivity index (χ3n) is 6.50. The second-order valence-corrected chi connectivity index (χ2v) is 8.74. The summed E-state index contributed by atoms with van der Waals surface area (Å²) in [6.07, 6.45) is 1.00. The molecule has 4 rings (SSSR count). The summed E-state index contributed by atoms with van der Waals surface area (Å²) in [5, 5.41) is 3.16. The topological polar surface area (TPSA) is 54.0 Å². The van der Waals surface area contributed by atoms with E-state index in [0.29, 0.717) is 23.6 Å². The second kappa shape index (κ2) is 10.6. The van der Waals surface area contributed by atoms with Crippen LogP contribution in [-0.4, -0.2) is 52.2 Å². The van der Waals surface area contributed by atoms with Gasteiger partial charge in [-0.15, -0.1) is 0 Å². The Kier molecular flexibility index (Phi) is 7.38. The van der Waals surface area contributed by atoms with Crippen molar-refractivity contribution in [2.45, 2.75) is 19.0 Å². The lowest BCUT2D eigenvalue weighted by atomic mass is 9.96. The molecule has 178 valence electrons. The third-order valence-corrected chi connectivity index (χ3v) is 6.50. The van der Waals surface area contributed by atoms with E-state index in [0.717, 1.165) is 25.2 Å². The molecule has 34 heavy (non-hydrogen) atoms. The molecule has 0 fully saturated rings. The molecule has 1 aliphatic heterocycles. The fourth-order valence-corrected chi connectivity index (χ4v) is 4.59. The van der Waals surface area contributed by atoms with Gasteiger partial charge in [-0.1, -0.05) is 42.5 Å². The van der Waals surface area contributed by atoms with Crippen molar-refractivity contribution in [3.63, 3.8) is 0 Å². The first-order valence-electron chi connectivity index (χ1n) is 11.6. The van der Waals surface area contributed by atoms with Gasteiger partial charge in [-0.2, -0.15) is 0 Å². The smallest absolute Gasteiger partial charge is 0.255 e. The molecule has 0 aliphatic carbocycles. The largest absolute Gasteiger partial charge is 0.493 e. The number of carbonyl (C=O) groups excluding carboxylic acids is 1. The van der Waals surface area contributed by atoms with Crippen molar-refractivity contribution in [3.8, 4) is 11.5 Å². The molecule has 1 amide bonds. The Labute approximate surface area is 202 Å². The van der Waals surface area contributed by atoms with Gasteiger partial charge in [0, 0.05) is 39.4 Å². The number of nitrogens with zero attached hydrogens (tertiary/aromatic N) is 2. The highest BCUT2D eigenvalue weighted by Crippen LogP contribution is 2.32. The van der Waals surface area contributed by atoms with Crippen LogP contribution >= 0.6 is 0 Å². The highest BCUT2D eigenvalue weighted by molar-refractivity contribution is 5.97. The Morgan fingerprint density at radius 3 is 2.38 bits per heavy atom. The van der Waals surface area contributed by atoms with Gasteiger partial charge in [-0.3, -0.25) is 9.69 Å². The van der Waals surface area contributed by atoms with Gasteiger partial charge in [-0.25, -0.2) is 0 Å². The summed E-state index contributed by atoms with van der Waals surface area (Å²) in [4.78, 5) is 17.7. The van der Waals surface area contributed by atoms with Gasteiger partial charge in [-0.05, 0) is 47.4 Å². The Morgan fingerprint density at radius 2 is 1.71 bits per heavy atom. The van der Waals surface area contributed by atoms with Crippen LogP contribution in [0, 0.1) is 0 Å². The van der Waals surface area contributed by atoms with Crippen LogP contribution < -0.4 is 19.7 Å². The summed E-state index contributed by atoms with van der Waals surface area (Å²) in [6.45, 7) is 2.28. The van der Waals surface area contributed by atoms with Crippen molar-refractivity contribution in [1.82, 2.24) is 10.2 Å². The Hall–Kier alpha value is -3.51. The fraction of sp³-hybridized carbons (Fsp3) is 0.321. The standard InChI is InChI=1S/C28H33N3O3/c1-30(2)23-14-12-21(13-15-23)25(31-17-16-20-8-5-6-9-22(20)19-31)18-29-28(32)24-10-7-11-26(33-3)27(24)34-4/h5-15,25H,16-19H2,1-4H3,(H,29,32)/t25-/m1/s1. The van der Waals surface area contributed by atoms with E-state index in [-0.39, 0.29) is 11.9 Å². The molecule has 0 spiro atoms. The molecule has 1 heterocycles.